The Bertz CT molecular complexity index is 1570. The van der Waals surface area contributed by atoms with Gasteiger partial charge in [0.1, 0.15) is 30.0 Å². The number of para-hydroxylation sites is 1. The Morgan fingerprint density at radius 1 is 0.955 bits per heavy atom. The summed E-state index contributed by atoms with van der Waals surface area (Å²) >= 11 is 7.54. The number of alkyl halides is 1. The summed E-state index contributed by atoms with van der Waals surface area (Å²) in [4.78, 5) is 46.3. The highest BCUT2D eigenvalue weighted by molar-refractivity contribution is 7.10. The number of rotatable bonds is 9. The van der Waals surface area contributed by atoms with Crippen LogP contribution in [0.15, 0.2) is 96.4 Å². The Labute approximate surface area is 266 Å². The zero-order chi connectivity index (χ0) is 31.1. The minimum Gasteiger partial charge on any atom is -0.457 e. The summed E-state index contributed by atoms with van der Waals surface area (Å²) in [7, 11) is 0. The molecule has 0 bridgehead atoms. The smallest absolute Gasteiger partial charge is 0.410 e. The van der Waals surface area contributed by atoms with Crippen molar-refractivity contribution >= 4 is 46.5 Å². The van der Waals surface area contributed by atoms with E-state index in [4.69, 9.17) is 21.1 Å². The predicted octanol–water partition coefficient (Wildman–Crippen LogP) is 7.03. The highest BCUT2D eigenvalue weighted by atomic mass is 35.5. The molecule has 1 fully saturated rings. The lowest BCUT2D eigenvalue weighted by atomic mass is 10.1. The third-order valence-corrected chi connectivity index (χ3v) is 8.63. The lowest BCUT2D eigenvalue weighted by Gasteiger charge is -2.42. The van der Waals surface area contributed by atoms with Gasteiger partial charge in [-0.15, -0.1) is 22.9 Å². The van der Waals surface area contributed by atoms with Crippen LogP contribution in [-0.2, 0) is 20.9 Å². The number of carbonyl (C=O) groups excluding carboxylic acids is 3. The minimum absolute atomic E-state index is 0.177. The number of anilines is 1. The topological polar surface area (TPSA) is 79.4 Å². The molecule has 228 valence electrons. The summed E-state index contributed by atoms with van der Waals surface area (Å²) in [5.74, 6) is 0.374. The van der Waals surface area contributed by atoms with Crippen LogP contribution < -0.4 is 9.64 Å². The number of piperazine rings is 1. The van der Waals surface area contributed by atoms with E-state index < -0.39 is 18.0 Å². The molecule has 0 saturated carbocycles. The third kappa shape index (κ3) is 7.23. The van der Waals surface area contributed by atoms with E-state index in [1.165, 1.54) is 16.2 Å². The van der Waals surface area contributed by atoms with Crippen molar-refractivity contribution in [1.29, 1.82) is 0 Å². The van der Waals surface area contributed by atoms with Gasteiger partial charge in [0.15, 0.2) is 0 Å². The number of nitrogens with zero attached hydrogens (tertiary/aromatic N) is 3. The van der Waals surface area contributed by atoms with Crippen molar-refractivity contribution in [1.82, 2.24) is 9.80 Å². The molecular formula is C34H34ClN3O5S. The molecule has 1 saturated heterocycles. The highest BCUT2D eigenvalue weighted by Crippen LogP contribution is 2.36. The van der Waals surface area contributed by atoms with Gasteiger partial charge in [0.2, 0.25) is 5.91 Å². The van der Waals surface area contributed by atoms with Crippen molar-refractivity contribution in [2.24, 2.45) is 0 Å². The van der Waals surface area contributed by atoms with Crippen LogP contribution in [0, 0.1) is 6.92 Å². The van der Waals surface area contributed by atoms with Gasteiger partial charge in [-0.3, -0.25) is 14.5 Å². The van der Waals surface area contributed by atoms with Crippen molar-refractivity contribution in [3.8, 4) is 11.5 Å². The Morgan fingerprint density at radius 2 is 1.68 bits per heavy atom. The van der Waals surface area contributed by atoms with Crippen LogP contribution >= 0.6 is 22.9 Å². The molecule has 10 heteroatoms. The van der Waals surface area contributed by atoms with Gasteiger partial charge in [-0.25, -0.2) is 4.79 Å². The van der Waals surface area contributed by atoms with E-state index in [2.05, 4.69) is 0 Å². The largest absolute Gasteiger partial charge is 0.457 e. The molecule has 1 aliphatic rings. The molecule has 44 heavy (non-hydrogen) atoms. The quantitative estimate of drug-likeness (QED) is 0.185. The third-order valence-electron chi connectivity index (χ3n) is 7.47. The zero-order valence-electron chi connectivity index (χ0n) is 24.6. The van der Waals surface area contributed by atoms with E-state index in [0.29, 0.717) is 36.8 Å². The predicted molar refractivity (Wildman–Crippen MR) is 172 cm³/mol. The fourth-order valence-electron chi connectivity index (χ4n) is 5.28. The van der Waals surface area contributed by atoms with Gasteiger partial charge in [-0.2, -0.15) is 0 Å². The number of hydrogen-bond acceptors (Lipinski definition) is 6. The van der Waals surface area contributed by atoms with Crippen LogP contribution in [0.2, 0.25) is 0 Å². The average Bonchev–Trinajstić information content (AvgIpc) is 3.58. The Hall–Kier alpha value is -4.34. The molecule has 1 aromatic heterocycles. The number of halogens is 1. The van der Waals surface area contributed by atoms with E-state index >= 15 is 0 Å². The molecule has 2 heterocycles. The van der Waals surface area contributed by atoms with Crippen molar-refractivity contribution in [2.45, 2.75) is 32.5 Å². The first-order chi connectivity index (χ1) is 21.4. The second kappa shape index (κ2) is 14.4. The van der Waals surface area contributed by atoms with Crippen LogP contribution in [0.1, 0.15) is 29.0 Å². The molecular weight excluding hydrogens is 598 g/mol. The van der Waals surface area contributed by atoms with E-state index in [1.54, 1.807) is 21.9 Å². The highest BCUT2D eigenvalue weighted by Gasteiger charge is 2.39. The number of aryl methyl sites for hydroxylation is 1. The maximum Gasteiger partial charge on any atom is 0.410 e. The first kappa shape index (κ1) is 31.1. The van der Waals surface area contributed by atoms with Gasteiger partial charge in [-0.05, 0) is 66.8 Å². The SMILES string of the molecule is Cc1cc(Oc2ccccc2)ccc1N(C(=O)CCl)C(C(=O)N1CCN(C(=O)OCc2ccccc2)[C@H](C)C1)c1cccs1. The fourth-order valence-corrected chi connectivity index (χ4v) is 6.21. The molecule has 1 unspecified atom stereocenters. The number of ether oxygens (including phenoxy) is 2. The number of benzene rings is 3. The average molecular weight is 632 g/mol. The van der Waals surface area contributed by atoms with E-state index in [-0.39, 0.29) is 24.4 Å². The maximum atomic E-state index is 14.3. The molecule has 0 aliphatic carbocycles. The fraction of sp³-hybridized carbons (Fsp3) is 0.265. The minimum atomic E-state index is -0.926. The molecule has 0 N–H and O–H groups in total. The van der Waals surface area contributed by atoms with Crippen molar-refractivity contribution in [3.63, 3.8) is 0 Å². The lowest BCUT2D eigenvalue weighted by molar-refractivity contribution is -0.136. The number of amides is 3. The monoisotopic (exact) mass is 631 g/mol. The number of hydrogen-bond donors (Lipinski definition) is 0. The molecule has 0 spiro atoms. The van der Waals surface area contributed by atoms with Crippen LogP contribution in [-0.4, -0.2) is 59.3 Å². The Morgan fingerprint density at radius 3 is 2.32 bits per heavy atom. The van der Waals surface area contributed by atoms with Gasteiger partial charge < -0.3 is 19.3 Å². The van der Waals surface area contributed by atoms with Gasteiger partial charge >= 0.3 is 6.09 Å². The second-order valence-electron chi connectivity index (χ2n) is 10.5. The van der Waals surface area contributed by atoms with Crippen LogP contribution in [0.3, 0.4) is 0 Å². The Kier molecular flexibility index (Phi) is 10.2. The summed E-state index contributed by atoms with van der Waals surface area (Å²) in [5, 5.41) is 1.88. The van der Waals surface area contributed by atoms with E-state index in [1.807, 2.05) is 98.1 Å². The first-order valence-corrected chi connectivity index (χ1v) is 15.8. The van der Waals surface area contributed by atoms with Crippen LogP contribution in [0.25, 0.3) is 0 Å². The number of carbonyl (C=O) groups is 3. The van der Waals surface area contributed by atoms with Crippen molar-refractivity contribution in [2.75, 3.05) is 30.4 Å². The Balaban J connectivity index is 1.36. The van der Waals surface area contributed by atoms with Gasteiger partial charge in [0, 0.05) is 36.2 Å². The van der Waals surface area contributed by atoms with Crippen molar-refractivity contribution < 1.29 is 23.9 Å². The first-order valence-electron chi connectivity index (χ1n) is 14.4. The molecule has 8 nitrogen and oxygen atoms in total. The van der Waals surface area contributed by atoms with Crippen LogP contribution in [0.5, 0.6) is 11.5 Å². The zero-order valence-corrected chi connectivity index (χ0v) is 26.2. The second-order valence-corrected chi connectivity index (χ2v) is 11.8. The molecule has 3 amide bonds. The van der Waals surface area contributed by atoms with Gasteiger partial charge in [-0.1, -0.05) is 54.6 Å². The maximum absolute atomic E-state index is 14.3. The lowest BCUT2D eigenvalue weighted by Crippen LogP contribution is -2.57. The standard InChI is InChI=1S/C34H34ClN3O5S/c1-24-20-28(43-27-12-7-4-8-13-27)15-16-29(24)38(31(39)21-35)32(30-14-9-19-44-30)33(40)36-17-18-37(25(2)22-36)34(41)42-23-26-10-5-3-6-11-26/h3-16,19-20,25,32H,17-18,21-23H2,1-2H3/t25-,32?/m1/s1. The molecule has 1 aliphatic heterocycles. The normalized spacial score (nSPS) is 15.4. The van der Waals surface area contributed by atoms with E-state index in [0.717, 1.165) is 16.0 Å². The molecule has 5 rings (SSSR count). The number of thiophene rings is 1. The molecule has 0 radical (unpaired) electrons. The van der Waals surface area contributed by atoms with Gasteiger partial charge in [0.25, 0.3) is 5.91 Å². The summed E-state index contributed by atoms with van der Waals surface area (Å²) in [6, 6.07) is 26.8. The van der Waals surface area contributed by atoms with Crippen molar-refractivity contribution in [3.05, 3.63) is 112 Å². The summed E-state index contributed by atoms with van der Waals surface area (Å²) in [6.45, 7) is 4.85. The van der Waals surface area contributed by atoms with E-state index in [9.17, 15) is 14.4 Å². The van der Waals surface area contributed by atoms with Gasteiger partial charge in [0.05, 0.1) is 0 Å². The summed E-state index contributed by atoms with van der Waals surface area (Å²) in [6.07, 6.45) is -0.421. The molecule has 2 atom stereocenters. The van der Waals surface area contributed by atoms with Crippen LogP contribution in [0.4, 0.5) is 10.5 Å². The molecule has 3 aromatic carbocycles. The summed E-state index contributed by atoms with van der Waals surface area (Å²) in [5.41, 5.74) is 2.23. The summed E-state index contributed by atoms with van der Waals surface area (Å²) < 4.78 is 11.5. The molecule has 4 aromatic rings.